The zero-order valence-corrected chi connectivity index (χ0v) is 13.0. The summed E-state index contributed by atoms with van der Waals surface area (Å²) in [6, 6.07) is 0. The normalized spacial score (nSPS) is 50.0. The van der Waals surface area contributed by atoms with Crippen LogP contribution in [0.4, 0.5) is 0 Å². The first kappa shape index (κ1) is 19.9. The molecule has 2 heterocycles. The molecule has 24 heavy (non-hydrogen) atoms. The van der Waals surface area contributed by atoms with Gasteiger partial charge >= 0.3 is 0 Å². The summed E-state index contributed by atoms with van der Waals surface area (Å²) in [5, 5.41) is 67.7. The zero-order valence-electron chi connectivity index (χ0n) is 13.0. The van der Waals surface area contributed by atoms with Crippen LogP contribution in [-0.2, 0) is 18.9 Å². The molecule has 2 aliphatic rings. The average Bonchev–Trinajstić information content (AvgIpc) is 2.56. The third-order valence-electron chi connectivity index (χ3n) is 4.11. The highest BCUT2D eigenvalue weighted by Crippen LogP contribution is 2.25. The summed E-state index contributed by atoms with van der Waals surface area (Å²) in [4.78, 5) is 0. The van der Waals surface area contributed by atoms with Crippen molar-refractivity contribution in [2.45, 2.75) is 61.4 Å². The Hall–Kier alpha value is -0.440. The molecule has 0 spiro atoms. The smallest absolute Gasteiger partial charge is 0.186 e. The number of ether oxygens (including phenoxy) is 4. The Kier molecular flexibility index (Phi) is 6.87. The van der Waals surface area contributed by atoms with Gasteiger partial charge in [0, 0.05) is 7.11 Å². The van der Waals surface area contributed by atoms with Crippen molar-refractivity contribution in [1.82, 2.24) is 0 Å². The van der Waals surface area contributed by atoms with Gasteiger partial charge in [-0.15, -0.1) is 0 Å². The molecule has 0 radical (unpaired) electrons. The Bertz CT molecular complexity index is 396. The quantitative estimate of drug-likeness (QED) is 0.251. The number of aliphatic hydroxyl groups is 7. The van der Waals surface area contributed by atoms with Crippen molar-refractivity contribution in [1.29, 1.82) is 0 Å². The van der Waals surface area contributed by atoms with E-state index in [2.05, 4.69) is 0 Å². The Morgan fingerprint density at radius 2 is 1.21 bits per heavy atom. The third kappa shape index (κ3) is 4.03. The number of hydrogen-bond acceptors (Lipinski definition) is 11. The van der Waals surface area contributed by atoms with Gasteiger partial charge in [-0.3, -0.25) is 0 Å². The van der Waals surface area contributed by atoms with Gasteiger partial charge in [0.1, 0.15) is 48.8 Å². The highest BCUT2D eigenvalue weighted by Gasteiger charge is 2.46. The fourth-order valence-corrected chi connectivity index (χ4v) is 2.61. The number of aliphatic hydroxyl groups excluding tert-OH is 7. The molecule has 0 amide bonds. The van der Waals surface area contributed by atoms with E-state index in [9.17, 15) is 35.7 Å². The summed E-state index contributed by atoms with van der Waals surface area (Å²) >= 11 is 0. The molecule has 2 fully saturated rings. The topological polar surface area (TPSA) is 179 Å². The van der Waals surface area contributed by atoms with Crippen molar-refractivity contribution in [3.63, 3.8) is 0 Å². The second-order valence-electron chi connectivity index (χ2n) is 5.84. The van der Waals surface area contributed by atoms with E-state index in [0.29, 0.717) is 0 Å². The molecule has 11 heteroatoms. The lowest BCUT2D eigenvalue weighted by Crippen LogP contribution is -2.61. The summed E-state index contributed by atoms with van der Waals surface area (Å²) < 4.78 is 20.3. The van der Waals surface area contributed by atoms with Crippen LogP contribution in [0.3, 0.4) is 0 Å². The van der Waals surface area contributed by atoms with Crippen LogP contribution >= 0.6 is 0 Å². The van der Waals surface area contributed by atoms with Crippen LogP contribution in [0.15, 0.2) is 0 Å². The van der Waals surface area contributed by atoms with Gasteiger partial charge in [0.15, 0.2) is 12.6 Å². The molecule has 2 rings (SSSR count). The van der Waals surface area contributed by atoms with Gasteiger partial charge in [-0.1, -0.05) is 0 Å². The number of rotatable bonds is 5. The summed E-state index contributed by atoms with van der Waals surface area (Å²) in [6.07, 6.45) is -14.6. The molecular formula is C13H24O11. The molecule has 142 valence electrons. The minimum Gasteiger partial charge on any atom is -0.387 e. The van der Waals surface area contributed by atoms with E-state index in [-0.39, 0.29) is 6.61 Å². The van der Waals surface area contributed by atoms with Crippen LogP contribution in [0, 0.1) is 0 Å². The second kappa shape index (κ2) is 8.29. The summed E-state index contributed by atoms with van der Waals surface area (Å²) in [5.74, 6) is 0. The van der Waals surface area contributed by atoms with E-state index in [0.717, 1.165) is 0 Å². The largest absolute Gasteiger partial charge is 0.387 e. The van der Waals surface area contributed by atoms with E-state index in [1.807, 2.05) is 0 Å². The zero-order chi connectivity index (χ0) is 18.0. The van der Waals surface area contributed by atoms with Crippen LogP contribution in [0.5, 0.6) is 0 Å². The van der Waals surface area contributed by atoms with E-state index in [4.69, 9.17) is 18.9 Å². The monoisotopic (exact) mass is 356 g/mol. The predicted molar refractivity (Wildman–Crippen MR) is 73.4 cm³/mol. The molecule has 2 aliphatic heterocycles. The molecule has 7 N–H and O–H groups in total. The Morgan fingerprint density at radius 1 is 0.667 bits per heavy atom. The first-order valence-corrected chi connectivity index (χ1v) is 7.45. The van der Waals surface area contributed by atoms with Gasteiger partial charge in [0.05, 0.1) is 13.2 Å². The van der Waals surface area contributed by atoms with E-state index < -0.39 is 68.0 Å². The van der Waals surface area contributed by atoms with E-state index in [1.54, 1.807) is 0 Å². The highest BCUT2D eigenvalue weighted by molar-refractivity contribution is 4.91. The molecule has 11 nitrogen and oxygen atoms in total. The molecule has 0 saturated carbocycles. The minimum absolute atomic E-state index is 0.0586. The maximum atomic E-state index is 9.89. The van der Waals surface area contributed by atoms with Gasteiger partial charge < -0.3 is 54.7 Å². The molecule has 0 aliphatic carbocycles. The SMILES string of the molecule is COCC1O[C@H](OCC2O[C@@H](O)C(O)[C@@H](O)[C@@H]2O)C(O)[C@@H](O)[C@@H]1O. The van der Waals surface area contributed by atoms with Crippen LogP contribution in [0.25, 0.3) is 0 Å². The Morgan fingerprint density at radius 3 is 1.79 bits per heavy atom. The lowest BCUT2D eigenvalue weighted by atomic mass is 9.98. The Labute approximate surface area is 137 Å². The number of methoxy groups -OCH3 is 1. The molecule has 2 saturated heterocycles. The van der Waals surface area contributed by atoms with Crippen LogP contribution in [-0.4, -0.2) is 117 Å². The fraction of sp³-hybridized carbons (Fsp3) is 1.00. The summed E-state index contributed by atoms with van der Waals surface area (Å²) in [7, 11) is 1.36. The molecule has 0 aromatic heterocycles. The first-order chi connectivity index (χ1) is 11.3. The molecular weight excluding hydrogens is 332 g/mol. The van der Waals surface area contributed by atoms with Crippen molar-refractivity contribution in [2.24, 2.45) is 0 Å². The van der Waals surface area contributed by atoms with Gasteiger partial charge in [0.2, 0.25) is 0 Å². The van der Waals surface area contributed by atoms with E-state index in [1.165, 1.54) is 7.11 Å². The lowest BCUT2D eigenvalue weighted by Gasteiger charge is -2.42. The first-order valence-electron chi connectivity index (χ1n) is 7.45. The summed E-state index contributed by atoms with van der Waals surface area (Å²) in [5.41, 5.74) is 0. The van der Waals surface area contributed by atoms with Crippen LogP contribution < -0.4 is 0 Å². The van der Waals surface area contributed by atoms with Gasteiger partial charge in [-0.2, -0.15) is 0 Å². The average molecular weight is 356 g/mol. The van der Waals surface area contributed by atoms with Crippen molar-refractivity contribution in [3.05, 3.63) is 0 Å². The van der Waals surface area contributed by atoms with Gasteiger partial charge in [0.25, 0.3) is 0 Å². The summed E-state index contributed by atoms with van der Waals surface area (Å²) in [6.45, 7) is -0.483. The van der Waals surface area contributed by atoms with Crippen molar-refractivity contribution in [3.8, 4) is 0 Å². The molecule has 10 atom stereocenters. The third-order valence-corrected chi connectivity index (χ3v) is 4.11. The molecule has 0 aromatic rings. The standard InChI is InChI=1S/C13H24O11/c1-21-2-4-6(14)9(17)11(19)13(24-4)22-3-5-7(15)8(16)10(18)12(20)23-5/h4-20H,2-3H2,1H3/t4?,5?,6-,7-,8+,9+,10?,11?,12-,13+/m1/s1. The molecule has 4 unspecified atom stereocenters. The molecule has 0 aromatic carbocycles. The maximum Gasteiger partial charge on any atom is 0.186 e. The second-order valence-corrected chi connectivity index (χ2v) is 5.84. The van der Waals surface area contributed by atoms with Crippen molar-refractivity contribution >= 4 is 0 Å². The van der Waals surface area contributed by atoms with Crippen LogP contribution in [0.1, 0.15) is 0 Å². The van der Waals surface area contributed by atoms with Crippen LogP contribution in [0.2, 0.25) is 0 Å². The lowest BCUT2D eigenvalue weighted by molar-refractivity contribution is -0.326. The van der Waals surface area contributed by atoms with Crippen molar-refractivity contribution < 1.29 is 54.7 Å². The van der Waals surface area contributed by atoms with E-state index >= 15 is 0 Å². The van der Waals surface area contributed by atoms with Gasteiger partial charge in [-0.25, -0.2) is 0 Å². The number of hydrogen-bond donors (Lipinski definition) is 7. The predicted octanol–water partition coefficient (Wildman–Crippen LogP) is -4.74. The van der Waals surface area contributed by atoms with Gasteiger partial charge in [-0.05, 0) is 0 Å². The Balaban J connectivity index is 1.94. The highest BCUT2D eigenvalue weighted by atomic mass is 16.7. The molecule has 0 bridgehead atoms. The van der Waals surface area contributed by atoms with Crippen molar-refractivity contribution in [2.75, 3.05) is 20.3 Å². The fourth-order valence-electron chi connectivity index (χ4n) is 2.61. The minimum atomic E-state index is -1.72. The maximum absolute atomic E-state index is 9.89.